The monoisotopic (exact) mass is 158 g/mol. The molecule has 0 N–H and O–H groups in total. The first-order valence-electron chi connectivity index (χ1n) is 3.88. The van der Waals surface area contributed by atoms with Crippen LogP contribution >= 0.6 is 0 Å². The minimum atomic E-state index is -1.36. The Morgan fingerprint density at radius 1 is 1.40 bits per heavy atom. The van der Waals surface area contributed by atoms with Crippen molar-refractivity contribution in [2.75, 3.05) is 0 Å². The Morgan fingerprint density at radius 2 is 1.80 bits per heavy atom. The highest BCUT2D eigenvalue weighted by molar-refractivity contribution is 6.72. The largest absolute Gasteiger partial charge is 0.548 e. The van der Waals surface area contributed by atoms with Gasteiger partial charge in [0, 0.05) is 0 Å². The zero-order chi connectivity index (χ0) is 8.20. The maximum Gasteiger partial charge on any atom is 0.247 e. The lowest BCUT2D eigenvalue weighted by molar-refractivity contribution is 0.415. The first-order chi connectivity index (χ1) is 4.54. The van der Waals surface area contributed by atoms with E-state index in [0.29, 0.717) is 0 Å². The molecule has 0 aromatic heterocycles. The molecule has 1 nitrogen and oxygen atoms in total. The fourth-order valence-electron chi connectivity index (χ4n) is 0.815. The molecule has 0 heterocycles. The van der Waals surface area contributed by atoms with Crippen LogP contribution in [0.1, 0.15) is 20.8 Å². The quantitative estimate of drug-likeness (QED) is 0.451. The van der Waals surface area contributed by atoms with E-state index in [1.807, 2.05) is 6.92 Å². The third-order valence-corrected chi connectivity index (χ3v) is 5.75. The fourth-order valence-corrected chi connectivity index (χ4v) is 2.44. The summed E-state index contributed by atoms with van der Waals surface area (Å²) in [4.78, 5) is 0. The lowest BCUT2D eigenvalue weighted by Gasteiger charge is -2.25. The van der Waals surface area contributed by atoms with Gasteiger partial charge in [-0.25, -0.2) is 0 Å². The minimum absolute atomic E-state index is 0.873. The molecule has 60 valence electrons. The standard InChI is InChI=1S/C8H18OSi/c1-6-10(5,7-2)9-8(3)4/h3,6-7H2,1-2,4-5H3. The van der Waals surface area contributed by atoms with Gasteiger partial charge in [-0.05, 0) is 25.6 Å². The van der Waals surface area contributed by atoms with E-state index in [2.05, 4.69) is 27.0 Å². The van der Waals surface area contributed by atoms with Crippen molar-refractivity contribution in [2.24, 2.45) is 0 Å². The van der Waals surface area contributed by atoms with Crippen LogP contribution < -0.4 is 0 Å². The summed E-state index contributed by atoms with van der Waals surface area (Å²) in [6.07, 6.45) is 0. The lowest BCUT2D eigenvalue weighted by Crippen LogP contribution is -2.31. The summed E-state index contributed by atoms with van der Waals surface area (Å²) >= 11 is 0. The molecule has 10 heavy (non-hydrogen) atoms. The summed E-state index contributed by atoms with van der Waals surface area (Å²) in [5, 5.41) is 0. The van der Waals surface area contributed by atoms with Crippen molar-refractivity contribution >= 4 is 8.32 Å². The predicted octanol–water partition coefficient (Wildman–Crippen LogP) is 3.15. The Morgan fingerprint density at radius 3 is 1.90 bits per heavy atom. The molecule has 0 aliphatic heterocycles. The summed E-state index contributed by atoms with van der Waals surface area (Å²) < 4.78 is 5.68. The normalized spacial score (nSPS) is 11.2. The van der Waals surface area contributed by atoms with Gasteiger partial charge < -0.3 is 4.43 Å². The molecule has 0 amide bonds. The van der Waals surface area contributed by atoms with Gasteiger partial charge in [0.25, 0.3) is 0 Å². The number of allylic oxidation sites excluding steroid dienone is 1. The van der Waals surface area contributed by atoms with E-state index in [-0.39, 0.29) is 0 Å². The van der Waals surface area contributed by atoms with Gasteiger partial charge >= 0.3 is 0 Å². The summed E-state index contributed by atoms with van der Waals surface area (Å²) in [6.45, 7) is 12.3. The molecule has 0 unspecified atom stereocenters. The number of hydrogen-bond donors (Lipinski definition) is 0. The van der Waals surface area contributed by atoms with Crippen molar-refractivity contribution in [3.8, 4) is 0 Å². The summed E-state index contributed by atoms with van der Waals surface area (Å²) in [5.74, 6) is 0.873. The molecular formula is C8H18OSi. The average Bonchev–Trinajstić information content (AvgIpc) is 1.87. The maximum absolute atomic E-state index is 5.68. The molecule has 0 saturated carbocycles. The third-order valence-electron chi connectivity index (χ3n) is 1.92. The van der Waals surface area contributed by atoms with E-state index < -0.39 is 8.32 Å². The van der Waals surface area contributed by atoms with Crippen LogP contribution in [0.15, 0.2) is 12.3 Å². The highest BCUT2D eigenvalue weighted by Crippen LogP contribution is 2.18. The summed E-state index contributed by atoms with van der Waals surface area (Å²) in [7, 11) is -1.36. The minimum Gasteiger partial charge on any atom is -0.548 e. The van der Waals surface area contributed by atoms with Gasteiger partial charge in [-0.3, -0.25) is 0 Å². The zero-order valence-electron chi connectivity index (χ0n) is 7.53. The number of rotatable bonds is 4. The van der Waals surface area contributed by atoms with Crippen molar-refractivity contribution < 1.29 is 4.43 Å². The summed E-state index contributed by atoms with van der Waals surface area (Å²) in [6, 6.07) is 2.35. The van der Waals surface area contributed by atoms with Gasteiger partial charge in [0.2, 0.25) is 8.32 Å². The van der Waals surface area contributed by atoms with Crippen molar-refractivity contribution in [3.05, 3.63) is 12.3 Å². The molecule has 0 atom stereocenters. The summed E-state index contributed by atoms with van der Waals surface area (Å²) in [5.41, 5.74) is 0. The first kappa shape index (κ1) is 9.76. The van der Waals surface area contributed by atoms with E-state index in [9.17, 15) is 0 Å². The second-order valence-electron chi connectivity index (χ2n) is 2.96. The predicted molar refractivity (Wildman–Crippen MR) is 48.5 cm³/mol. The van der Waals surface area contributed by atoms with Crippen LogP contribution in [0.2, 0.25) is 18.6 Å². The van der Waals surface area contributed by atoms with Crippen LogP contribution in [-0.4, -0.2) is 8.32 Å². The lowest BCUT2D eigenvalue weighted by atomic mass is 10.7. The molecule has 0 aliphatic carbocycles. The van der Waals surface area contributed by atoms with Gasteiger partial charge in [0.15, 0.2) is 0 Å². The molecule has 0 aliphatic rings. The van der Waals surface area contributed by atoms with Crippen LogP contribution in [0.25, 0.3) is 0 Å². The molecule has 0 bridgehead atoms. The topological polar surface area (TPSA) is 9.23 Å². The second kappa shape index (κ2) is 3.81. The van der Waals surface area contributed by atoms with E-state index in [1.165, 1.54) is 12.1 Å². The van der Waals surface area contributed by atoms with Crippen LogP contribution in [0.3, 0.4) is 0 Å². The Labute approximate surface area is 65.2 Å². The zero-order valence-corrected chi connectivity index (χ0v) is 8.53. The fraction of sp³-hybridized carbons (Fsp3) is 0.750. The smallest absolute Gasteiger partial charge is 0.247 e. The number of hydrogen-bond acceptors (Lipinski definition) is 1. The van der Waals surface area contributed by atoms with E-state index >= 15 is 0 Å². The van der Waals surface area contributed by atoms with Gasteiger partial charge in [-0.1, -0.05) is 20.4 Å². The van der Waals surface area contributed by atoms with Gasteiger partial charge in [0.05, 0.1) is 5.76 Å². The van der Waals surface area contributed by atoms with Crippen molar-refractivity contribution in [1.82, 2.24) is 0 Å². The van der Waals surface area contributed by atoms with Gasteiger partial charge in [-0.2, -0.15) is 0 Å². The molecule has 0 fully saturated rings. The molecule has 0 saturated heterocycles. The molecule has 0 rings (SSSR count). The van der Waals surface area contributed by atoms with E-state index in [1.54, 1.807) is 0 Å². The molecular weight excluding hydrogens is 140 g/mol. The Kier molecular flexibility index (Phi) is 3.72. The second-order valence-corrected chi connectivity index (χ2v) is 7.48. The highest BCUT2D eigenvalue weighted by atomic mass is 28.4. The molecule has 0 aromatic carbocycles. The molecule has 0 aromatic rings. The molecule has 0 spiro atoms. The van der Waals surface area contributed by atoms with Crippen molar-refractivity contribution in [3.63, 3.8) is 0 Å². The Balaban J connectivity index is 3.92. The van der Waals surface area contributed by atoms with E-state index in [4.69, 9.17) is 4.43 Å². The SMILES string of the molecule is C=C(C)O[Si](C)(CC)CC. The molecule has 0 radical (unpaired) electrons. The van der Waals surface area contributed by atoms with Gasteiger partial charge in [-0.15, -0.1) is 0 Å². The maximum atomic E-state index is 5.68. The first-order valence-corrected chi connectivity index (χ1v) is 6.71. The third kappa shape index (κ3) is 3.06. The Bertz CT molecular complexity index is 116. The molecule has 2 heteroatoms. The average molecular weight is 158 g/mol. The van der Waals surface area contributed by atoms with Crippen LogP contribution in [-0.2, 0) is 4.43 Å². The van der Waals surface area contributed by atoms with Crippen LogP contribution in [0.4, 0.5) is 0 Å². The highest BCUT2D eigenvalue weighted by Gasteiger charge is 2.25. The van der Waals surface area contributed by atoms with Crippen LogP contribution in [0.5, 0.6) is 0 Å². The van der Waals surface area contributed by atoms with E-state index in [0.717, 1.165) is 5.76 Å². The van der Waals surface area contributed by atoms with Crippen molar-refractivity contribution in [2.45, 2.75) is 39.4 Å². The van der Waals surface area contributed by atoms with Gasteiger partial charge in [0.1, 0.15) is 0 Å². The van der Waals surface area contributed by atoms with Crippen LogP contribution in [0, 0.1) is 0 Å². The Hall–Kier alpha value is -0.243. The van der Waals surface area contributed by atoms with Crippen molar-refractivity contribution in [1.29, 1.82) is 0 Å².